The fourth-order valence-corrected chi connectivity index (χ4v) is 3.91. The van der Waals surface area contributed by atoms with Gasteiger partial charge in [-0.25, -0.2) is 0 Å². The van der Waals surface area contributed by atoms with Gasteiger partial charge in [-0.3, -0.25) is 4.79 Å². The molecule has 1 aliphatic rings. The minimum atomic E-state index is -0.260. The number of methoxy groups -OCH3 is 1. The lowest BCUT2D eigenvalue weighted by molar-refractivity contribution is 0.0616. The maximum atomic E-state index is 13.1. The fraction of sp³-hybridized carbons (Fsp3) is 0.480. The van der Waals surface area contributed by atoms with Crippen LogP contribution < -0.4 is 14.8 Å². The summed E-state index contributed by atoms with van der Waals surface area (Å²) in [6, 6.07) is 13.6. The highest BCUT2D eigenvalue weighted by molar-refractivity contribution is 6.01. The number of hydrogen-bond acceptors (Lipinski definition) is 4. The molecule has 1 amide bonds. The molecule has 2 aromatic carbocycles. The van der Waals surface area contributed by atoms with E-state index in [2.05, 4.69) is 12.2 Å². The Kier molecular flexibility index (Phi) is 7.61. The highest BCUT2D eigenvalue weighted by atomic mass is 16.5. The smallest absolute Gasteiger partial charge is 0.258 e. The first-order valence-electron chi connectivity index (χ1n) is 11.1. The van der Waals surface area contributed by atoms with Gasteiger partial charge in [0.25, 0.3) is 5.91 Å². The molecule has 0 bridgehead atoms. The van der Waals surface area contributed by atoms with Crippen molar-refractivity contribution in [3.05, 3.63) is 53.6 Å². The van der Waals surface area contributed by atoms with Crippen LogP contribution in [0.4, 0.5) is 5.69 Å². The van der Waals surface area contributed by atoms with Gasteiger partial charge in [-0.2, -0.15) is 0 Å². The molecule has 1 atom stereocenters. The van der Waals surface area contributed by atoms with Crippen LogP contribution in [0.25, 0.3) is 0 Å². The summed E-state index contributed by atoms with van der Waals surface area (Å²) in [4.78, 5) is 15.0. The van der Waals surface area contributed by atoms with E-state index in [-0.39, 0.29) is 18.1 Å². The van der Waals surface area contributed by atoms with Gasteiger partial charge >= 0.3 is 0 Å². The number of fused-ring (bicyclic) bond motifs is 1. The van der Waals surface area contributed by atoms with E-state index < -0.39 is 0 Å². The van der Waals surface area contributed by atoms with Gasteiger partial charge in [-0.05, 0) is 50.1 Å². The van der Waals surface area contributed by atoms with Crippen LogP contribution in [0.2, 0.25) is 0 Å². The summed E-state index contributed by atoms with van der Waals surface area (Å²) in [7, 11) is 1.65. The van der Waals surface area contributed by atoms with Crippen LogP contribution in [0.15, 0.2) is 42.5 Å². The summed E-state index contributed by atoms with van der Waals surface area (Å²) in [5.74, 6) is 1.48. The number of para-hydroxylation sites is 1. The van der Waals surface area contributed by atoms with Crippen molar-refractivity contribution in [3.63, 3.8) is 0 Å². The number of nitrogens with one attached hydrogen (secondary N) is 1. The van der Waals surface area contributed by atoms with E-state index >= 15 is 0 Å². The van der Waals surface area contributed by atoms with E-state index in [0.717, 1.165) is 23.4 Å². The van der Waals surface area contributed by atoms with Crippen LogP contribution in [0, 0.1) is 0 Å². The maximum Gasteiger partial charge on any atom is 0.258 e. The minimum absolute atomic E-state index is 0.0377. The summed E-state index contributed by atoms with van der Waals surface area (Å²) >= 11 is 0. The third-order valence-electron chi connectivity index (χ3n) is 5.53. The number of anilines is 1. The van der Waals surface area contributed by atoms with Gasteiger partial charge in [0.05, 0.1) is 19.3 Å². The zero-order valence-electron chi connectivity index (χ0n) is 18.6. The molecule has 0 fully saturated rings. The lowest BCUT2D eigenvalue weighted by Crippen LogP contribution is -2.46. The molecule has 0 saturated heterocycles. The van der Waals surface area contributed by atoms with Crippen molar-refractivity contribution in [1.29, 1.82) is 0 Å². The van der Waals surface area contributed by atoms with Crippen molar-refractivity contribution >= 4 is 11.6 Å². The Morgan fingerprint density at radius 1 is 1.03 bits per heavy atom. The van der Waals surface area contributed by atoms with E-state index in [0.29, 0.717) is 17.9 Å². The van der Waals surface area contributed by atoms with Crippen LogP contribution in [0.5, 0.6) is 11.5 Å². The van der Waals surface area contributed by atoms with E-state index in [1.54, 1.807) is 7.11 Å². The predicted molar refractivity (Wildman–Crippen MR) is 121 cm³/mol. The van der Waals surface area contributed by atoms with Crippen molar-refractivity contribution in [3.8, 4) is 11.5 Å². The quantitative estimate of drug-likeness (QED) is 0.487. The van der Waals surface area contributed by atoms with Crippen LogP contribution >= 0.6 is 0 Å². The van der Waals surface area contributed by atoms with Crippen LogP contribution in [0.3, 0.4) is 0 Å². The highest BCUT2D eigenvalue weighted by Crippen LogP contribution is 2.37. The highest BCUT2D eigenvalue weighted by Gasteiger charge is 2.34. The third-order valence-corrected chi connectivity index (χ3v) is 5.53. The molecule has 0 saturated carbocycles. The number of carbonyl (C=O) groups is 1. The molecule has 30 heavy (non-hydrogen) atoms. The van der Waals surface area contributed by atoms with E-state index in [9.17, 15) is 4.79 Å². The average Bonchev–Trinajstić information content (AvgIpc) is 2.75. The first-order valence-corrected chi connectivity index (χ1v) is 11.1. The predicted octanol–water partition coefficient (Wildman–Crippen LogP) is 6.02. The zero-order valence-corrected chi connectivity index (χ0v) is 18.6. The van der Waals surface area contributed by atoms with Crippen molar-refractivity contribution < 1.29 is 14.3 Å². The summed E-state index contributed by atoms with van der Waals surface area (Å²) < 4.78 is 11.6. The number of nitrogens with zero attached hydrogens (tertiary/aromatic N) is 1. The SMILES string of the molecule is CCCCCCCOc1ccc(C2Nc3ccccc3C(=O)N2C(C)C)cc1OC. The summed E-state index contributed by atoms with van der Waals surface area (Å²) in [5, 5.41) is 3.53. The summed E-state index contributed by atoms with van der Waals surface area (Å²) in [6.07, 6.45) is 5.74. The first kappa shape index (κ1) is 22.0. The van der Waals surface area contributed by atoms with Crippen LogP contribution in [-0.4, -0.2) is 30.6 Å². The second-order valence-corrected chi connectivity index (χ2v) is 8.07. The standard InChI is InChI=1S/C25H34N2O3/c1-5-6-7-8-11-16-30-22-15-14-19(17-23(22)29-4)24-26-21-13-10-9-12-20(21)25(28)27(24)18(2)3/h9-10,12-15,17-18,24,26H,5-8,11,16H2,1-4H3. The van der Waals surface area contributed by atoms with Crippen molar-refractivity contribution in [2.75, 3.05) is 19.0 Å². The number of unbranched alkanes of at least 4 members (excludes halogenated alkanes) is 4. The topological polar surface area (TPSA) is 50.8 Å². The monoisotopic (exact) mass is 410 g/mol. The number of rotatable bonds is 10. The van der Waals surface area contributed by atoms with Gasteiger partial charge in [0, 0.05) is 11.7 Å². The van der Waals surface area contributed by atoms with Crippen molar-refractivity contribution in [2.45, 2.75) is 65.1 Å². The lowest BCUT2D eigenvalue weighted by atomic mass is 10.0. The molecule has 162 valence electrons. The Balaban J connectivity index is 1.78. The van der Waals surface area contributed by atoms with Crippen molar-refractivity contribution in [1.82, 2.24) is 4.90 Å². The number of benzene rings is 2. The molecule has 1 heterocycles. The Hall–Kier alpha value is -2.69. The second-order valence-electron chi connectivity index (χ2n) is 8.07. The largest absolute Gasteiger partial charge is 0.493 e. The molecular weight excluding hydrogens is 376 g/mol. The Bertz CT molecular complexity index is 850. The number of carbonyl (C=O) groups excluding carboxylic acids is 1. The second kappa shape index (κ2) is 10.4. The number of ether oxygens (including phenoxy) is 2. The van der Waals surface area contributed by atoms with Crippen molar-refractivity contribution in [2.24, 2.45) is 0 Å². The first-order chi connectivity index (χ1) is 14.6. The molecule has 0 aromatic heterocycles. The number of amides is 1. The molecule has 1 unspecified atom stereocenters. The summed E-state index contributed by atoms with van der Waals surface area (Å²) in [5.41, 5.74) is 2.53. The fourth-order valence-electron chi connectivity index (χ4n) is 3.91. The molecule has 1 N–H and O–H groups in total. The minimum Gasteiger partial charge on any atom is -0.493 e. The van der Waals surface area contributed by atoms with Gasteiger partial charge in [0.1, 0.15) is 6.17 Å². The molecule has 5 heteroatoms. The Morgan fingerprint density at radius 2 is 1.80 bits per heavy atom. The number of hydrogen-bond donors (Lipinski definition) is 1. The molecule has 2 aromatic rings. The maximum absolute atomic E-state index is 13.1. The molecule has 0 radical (unpaired) electrons. The lowest BCUT2D eigenvalue weighted by Gasteiger charge is -2.40. The van der Waals surface area contributed by atoms with E-state index in [1.807, 2.05) is 61.2 Å². The molecule has 1 aliphatic heterocycles. The van der Waals surface area contributed by atoms with Crippen LogP contribution in [0.1, 0.15) is 75.0 Å². The normalized spacial score (nSPS) is 15.7. The Labute approximate surface area is 180 Å². The molecular formula is C25H34N2O3. The van der Waals surface area contributed by atoms with Gasteiger partial charge < -0.3 is 19.7 Å². The van der Waals surface area contributed by atoms with Gasteiger partial charge in [-0.1, -0.05) is 50.8 Å². The van der Waals surface area contributed by atoms with Gasteiger partial charge in [0.15, 0.2) is 11.5 Å². The van der Waals surface area contributed by atoms with Gasteiger partial charge in [0.2, 0.25) is 0 Å². The molecule has 5 nitrogen and oxygen atoms in total. The van der Waals surface area contributed by atoms with Crippen LogP contribution in [-0.2, 0) is 0 Å². The third kappa shape index (κ3) is 4.89. The average molecular weight is 411 g/mol. The zero-order chi connectivity index (χ0) is 21.5. The molecule has 3 rings (SSSR count). The van der Waals surface area contributed by atoms with E-state index in [4.69, 9.17) is 9.47 Å². The summed E-state index contributed by atoms with van der Waals surface area (Å²) in [6.45, 7) is 6.98. The van der Waals surface area contributed by atoms with Gasteiger partial charge in [-0.15, -0.1) is 0 Å². The Morgan fingerprint density at radius 3 is 2.53 bits per heavy atom. The molecule has 0 spiro atoms. The van der Waals surface area contributed by atoms with E-state index in [1.165, 1.54) is 25.7 Å². The molecule has 0 aliphatic carbocycles.